The molecule has 1 aromatic rings. The van der Waals surface area contributed by atoms with E-state index in [-0.39, 0.29) is 5.78 Å². The highest BCUT2D eigenvalue weighted by molar-refractivity contribution is 5.97. The quantitative estimate of drug-likeness (QED) is 0.720. The number of nitriles is 1. The molecular weight excluding hydrogens is 224 g/mol. The molecule has 1 saturated carbocycles. The summed E-state index contributed by atoms with van der Waals surface area (Å²) in [5.74, 6) is 0.153. The molecule has 0 bridgehead atoms. The van der Waals surface area contributed by atoms with Crippen LogP contribution in [0.5, 0.6) is 0 Å². The van der Waals surface area contributed by atoms with Crippen molar-refractivity contribution >= 4 is 5.78 Å². The van der Waals surface area contributed by atoms with Crippen LogP contribution in [0.2, 0.25) is 0 Å². The van der Waals surface area contributed by atoms with Crippen LogP contribution in [0.1, 0.15) is 42.1 Å². The van der Waals surface area contributed by atoms with Crippen LogP contribution in [0.3, 0.4) is 0 Å². The van der Waals surface area contributed by atoms with E-state index >= 15 is 0 Å². The predicted molar refractivity (Wildman–Crippen MR) is 70.4 cm³/mol. The van der Waals surface area contributed by atoms with E-state index in [4.69, 9.17) is 5.26 Å². The van der Waals surface area contributed by atoms with E-state index in [0.29, 0.717) is 23.7 Å². The molecule has 0 amide bonds. The molecule has 0 heterocycles. The number of hydrogen-bond acceptors (Lipinski definition) is 3. The van der Waals surface area contributed by atoms with Crippen molar-refractivity contribution in [2.45, 2.75) is 32.2 Å². The lowest BCUT2D eigenvalue weighted by Crippen LogP contribution is -2.32. The van der Waals surface area contributed by atoms with Gasteiger partial charge in [0.15, 0.2) is 5.78 Å². The Morgan fingerprint density at radius 2 is 2.06 bits per heavy atom. The summed E-state index contributed by atoms with van der Waals surface area (Å²) >= 11 is 0. The van der Waals surface area contributed by atoms with E-state index in [2.05, 4.69) is 17.9 Å². The van der Waals surface area contributed by atoms with Crippen LogP contribution in [0.25, 0.3) is 0 Å². The van der Waals surface area contributed by atoms with Gasteiger partial charge >= 0.3 is 0 Å². The minimum Gasteiger partial charge on any atom is -0.293 e. The van der Waals surface area contributed by atoms with Gasteiger partial charge in [-0.3, -0.25) is 9.69 Å². The number of ketones is 1. The molecule has 1 aliphatic rings. The van der Waals surface area contributed by atoms with Gasteiger partial charge in [-0.15, -0.1) is 0 Å². The molecule has 0 aliphatic heterocycles. The van der Waals surface area contributed by atoms with Crippen molar-refractivity contribution < 1.29 is 4.79 Å². The first kappa shape index (κ1) is 12.8. The lowest BCUT2D eigenvalue weighted by atomic mass is 10.1. The number of carbonyl (C=O) groups is 1. The second-order valence-corrected chi connectivity index (χ2v) is 4.81. The first-order chi connectivity index (χ1) is 8.74. The molecule has 1 aromatic carbocycles. The zero-order chi connectivity index (χ0) is 13.0. The average Bonchev–Trinajstić information content (AvgIpc) is 3.22. The Balaban J connectivity index is 1.99. The molecule has 0 N–H and O–H groups in total. The van der Waals surface area contributed by atoms with Crippen LogP contribution in [0.15, 0.2) is 24.3 Å². The van der Waals surface area contributed by atoms with E-state index in [9.17, 15) is 4.79 Å². The predicted octanol–water partition coefficient (Wildman–Crippen LogP) is 2.62. The van der Waals surface area contributed by atoms with E-state index in [1.807, 2.05) is 0 Å². The summed E-state index contributed by atoms with van der Waals surface area (Å²) in [4.78, 5) is 14.4. The highest BCUT2D eigenvalue weighted by Crippen LogP contribution is 2.27. The van der Waals surface area contributed by atoms with Gasteiger partial charge in [-0.1, -0.05) is 19.1 Å². The largest absolute Gasteiger partial charge is 0.293 e. The van der Waals surface area contributed by atoms with Gasteiger partial charge in [-0.05, 0) is 37.9 Å². The van der Waals surface area contributed by atoms with Gasteiger partial charge in [-0.25, -0.2) is 0 Å². The maximum Gasteiger partial charge on any atom is 0.176 e. The summed E-state index contributed by atoms with van der Waals surface area (Å²) in [6, 6.07) is 9.58. The van der Waals surface area contributed by atoms with Crippen molar-refractivity contribution in [3.63, 3.8) is 0 Å². The molecule has 2 rings (SSSR count). The normalized spacial score (nSPS) is 14.5. The van der Waals surface area contributed by atoms with Crippen LogP contribution < -0.4 is 0 Å². The molecule has 0 atom stereocenters. The molecule has 0 aromatic heterocycles. The van der Waals surface area contributed by atoms with E-state index < -0.39 is 0 Å². The molecule has 1 aliphatic carbocycles. The van der Waals surface area contributed by atoms with Crippen LogP contribution >= 0.6 is 0 Å². The maximum absolute atomic E-state index is 12.1. The van der Waals surface area contributed by atoms with Crippen LogP contribution in [0.4, 0.5) is 0 Å². The Morgan fingerprint density at radius 1 is 1.39 bits per heavy atom. The SMILES string of the molecule is CCCN(CC(=O)c1ccc(C#N)cc1)C1CC1. The molecule has 0 radical (unpaired) electrons. The van der Waals surface area contributed by atoms with Gasteiger partial charge in [0.05, 0.1) is 18.2 Å². The summed E-state index contributed by atoms with van der Waals surface area (Å²) in [5.41, 5.74) is 1.30. The molecule has 0 spiro atoms. The highest BCUT2D eigenvalue weighted by atomic mass is 16.1. The molecule has 0 saturated heterocycles. The Hall–Kier alpha value is -1.66. The second kappa shape index (κ2) is 5.79. The number of carbonyl (C=O) groups excluding carboxylic acids is 1. The number of benzene rings is 1. The van der Waals surface area contributed by atoms with Crippen LogP contribution in [0, 0.1) is 11.3 Å². The van der Waals surface area contributed by atoms with E-state index in [0.717, 1.165) is 13.0 Å². The number of hydrogen-bond donors (Lipinski definition) is 0. The third kappa shape index (κ3) is 3.18. The number of nitrogens with zero attached hydrogens (tertiary/aromatic N) is 2. The van der Waals surface area contributed by atoms with Crippen molar-refractivity contribution in [3.8, 4) is 6.07 Å². The summed E-state index contributed by atoms with van der Waals surface area (Å²) in [5, 5.41) is 8.72. The van der Waals surface area contributed by atoms with E-state index in [1.165, 1.54) is 12.8 Å². The third-order valence-electron chi connectivity index (χ3n) is 3.26. The Labute approximate surface area is 108 Å². The summed E-state index contributed by atoms with van der Waals surface area (Å²) in [7, 11) is 0. The Kier molecular flexibility index (Phi) is 4.11. The molecular formula is C15H18N2O. The second-order valence-electron chi connectivity index (χ2n) is 4.81. The molecule has 1 fully saturated rings. The smallest absolute Gasteiger partial charge is 0.176 e. The average molecular weight is 242 g/mol. The Bertz CT molecular complexity index is 454. The van der Waals surface area contributed by atoms with Crippen LogP contribution in [-0.4, -0.2) is 29.8 Å². The van der Waals surface area contributed by atoms with Crippen molar-refractivity contribution in [2.24, 2.45) is 0 Å². The van der Waals surface area contributed by atoms with Gasteiger partial charge in [0, 0.05) is 11.6 Å². The minimum atomic E-state index is 0.153. The molecule has 3 heteroatoms. The minimum absolute atomic E-state index is 0.153. The van der Waals surface area contributed by atoms with Gasteiger partial charge in [0.2, 0.25) is 0 Å². The van der Waals surface area contributed by atoms with E-state index in [1.54, 1.807) is 24.3 Å². The fourth-order valence-corrected chi connectivity index (χ4v) is 2.12. The standard InChI is InChI=1S/C15H18N2O/c1-2-9-17(14-7-8-14)11-15(18)13-5-3-12(10-16)4-6-13/h3-6,14H,2,7-9,11H2,1H3. The first-order valence-corrected chi connectivity index (χ1v) is 6.52. The summed E-state index contributed by atoms with van der Waals surface area (Å²) in [6.45, 7) is 3.64. The van der Waals surface area contributed by atoms with Gasteiger partial charge in [0.1, 0.15) is 0 Å². The topological polar surface area (TPSA) is 44.1 Å². The van der Waals surface area contributed by atoms with Gasteiger partial charge < -0.3 is 0 Å². The summed E-state index contributed by atoms with van der Waals surface area (Å²) < 4.78 is 0. The highest BCUT2D eigenvalue weighted by Gasteiger charge is 2.29. The van der Waals surface area contributed by atoms with Crippen molar-refractivity contribution in [2.75, 3.05) is 13.1 Å². The molecule has 94 valence electrons. The number of rotatable bonds is 6. The molecule has 3 nitrogen and oxygen atoms in total. The van der Waals surface area contributed by atoms with Crippen LogP contribution in [-0.2, 0) is 0 Å². The van der Waals surface area contributed by atoms with Gasteiger partial charge in [0.25, 0.3) is 0 Å². The van der Waals surface area contributed by atoms with Crippen molar-refractivity contribution in [1.29, 1.82) is 5.26 Å². The van der Waals surface area contributed by atoms with Gasteiger partial charge in [-0.2, -0.15) is 5.26 Å². The van der Waals surface area contributed by atoms with Crippen molar-refractivity contribution in [3.05, 3.63) is 35.4 Å². The third-order valence-corrected chi connectivity index (χ3v) is 3.26. The number of Topliss-reactive ketones (excluding diaryl/α,β-unsaturated/α-hetero) is 1. The Morgan fingerprint density at radius 3 is 2.56 bits per heavy atom. The summed E-state index contributed by atoms with van der Waals surface area (Å²) in [6.07, 6.45) is 3.53. The monoisotopic (exact) mass is 242 g/mol. The fourth-order valence-electron chi connectivity index (χ4n) is 2.12. The lowest BCUT2D eigenvalue weighted by molar-refractivity contribution is 0.0925. The lowest BCUT2D eigenvalue weighted by Gasteiger charge is -2.20. The zero-order valence-electron chi connectivity index (χ0n) is 10.7. The molecule has 18 heavy (non-hydrogen) atoms. The van der Waals surface area contributed by atoms with Crippen molar-refractivity contribution in [1.82, 2.24) is 4.90 Å². The fraction of sp³-hybridized carbons (Fsp3) is 0.467. The first-order valence-electron chi connectivity index (χ1n) is 6.52. The molecule has 0 unspecified atom stereocenters. The maximum atomic E-state index is 12.1. The zero-order valence-corrected chi connectivity index (χ0v) is 10.7.